The van der Waals surface area contributed by atoms with Gasteiger partial charge in [0, 0.05) is 27.0 Å². The fraction of sp³-hybridized carbons (Fsp3) is 0.641. The number of ketones is 1. The summed E-state index contributed by atoms with van der Waals surface area (Å²) in [5, 5.41) is 3.41. The number of hydrogen-bond acceptors (Lipinski definition) is 4. The third kappa shape index (κ3) is 8.96. The zero-order valence-electron chi connectivity index (χ0n) is 27.9. The number of carbonyl (C=O) groups excluding carboxylic acids is 2. The highest BCUT2D eigenvalue weighted by molar-refractivity contribution is 8.76. The Morgan fingerprint density at radius 3 is 1.73 bits per heavy atom. The Morgan fingerprint density at radius 2 is 1.14 bits per heavy atom. The maximum atomic E-state index is 14.1. The predicted molar refractivity (Wildman–Crippen MR) is 190 cm³/mol. The van der Waals surface area contributed by atoms with E-state index in [0.717, 1.165) is 98.1 Å². The van der Waals surface area contributed by atoms with Crippen molar-refractivity contribution >= 4 is 39.0 Å². The maximum Gasteiger partial charge on any atom is 0.230 e. The highest BCUT2D eigenvalue weighted by atomic mass is 33.1. The van der Waals surface area contributed by atoms with Crippen LogP contribution in [0.15, 0.2) is 58.3 Å². The molecule has 0 unspecified atom stereocenters. The molecule has 1 N–H and O–H groups in total. The fourth-order valence-electron chi connectivity index (χ4n) is 7.92. The first-order valence-corrected chi connectivity index (χ1v) is 19.9. The van der Waals surface area contributed by atoms with Crippen molar-refractivity contribution in [3.8, 4) is 0 Å². The summed E-state index contributed by atoms with van der Waals surface area (Å²) >= 11 is 0. The number of para-hydroxylation sites is 1. The van der Waals surface area contributed by atoms with E-state index in [1.54, 1.807) is 21.6 Å². The van der Waals surface area contributed by atoms with Crippen molar-refractivity contribution in [3.63, 3.8) is 0 Å². The van der Waals surface area contributed by atoms with Crippen LogP contribution in [0.1, 0.15) is 136 Å². The lowest BCUT2D eigenvalue weighted by Crippen LogP contribution is -2.39. The van der Waals surface area contributed by atoms with Crippen LogP contribution in [0.4, 0.5) is 5.69 Å². The summed E-state index contributed by atoms with van der Waals surface area (Å²) in [4.78, 5) is 30.3. The van der Waals surface area contributed by atoms with Gasteiger partial charge in [0.25, 0.3) is 0 Å². The molecule has 44 heavy (non-hydrogen) atoms. The fourth-order valence-corrected chi connectivity index (χ4v) is 10.3. The van der Waals surface area contributed by atoms with Gasteiger partial charge in [-0.25, -0.2) is 0 Å². The number of Topliss-reactive ketones (excluding diaryl/α,β-unsaturated/α-hetero) is 1. The Balaban J connectivity index is 1.48. The standard InChI is InChI=1S/C39H57NO2S2/c1-5-30(6-2)28-38(23-15-9-16-24-38)36(41)27-32-19-11-13-21-34(32)43-44-35-22-14-12-20-33(35)40-37(42)39(25-17-10-18-26-39)29-31(7-3)8-4/h11-14,19-22,30-31H,5-10,15-18,23-29H2,1-4H3,(H,40,42). The van der Waals surface area contributed by atoms with E-state index in [4.69, 9.17) is 0 Å². The van der Waals surface area contributed by atoms with Crippen LogP contribution < -0.4 is 5.32 Å². The highest BCUT2D eigenvalue weighted by Gasteiger charge is 2.41. The monoisotopic (exact) mass is 635 g/mol. The lowest BCUT2D eigenvalue weighted by Gasteiger charge is -2.38. The van der Waals surface area contributed by atoms with Crippen LogP contribution in [0, 0.1) is 22.7 Å². The molecule has 0 spiro atoms. The van der Waals surface area contributed by atoms with Crippen LogP contribution in [0.5, 0.6) is 0 Å². The van der Waals surface area contributed by atoms with Gasteiger partial charge in [-0.15, -0.1) is 0 Å². The molecule has 2 aromatic carbocycles. The second-order valence-electron chi connectivity index (χ2n) is 13.8. The van der Waals surface area contributed by atoms with Gasteiger partial charge in [-0.1, -0.05) is 144 Å². The molecule has 3 nitrogen and oxygen atoms in total. The summed E-state index contributed by atoms with van der Waals surface area (Å²) in [5.74, 6) is 1.89. The molecule has 0 saturated heterocycles. The smallest absolute Gasteiger partial charge is 0.230 e. The number of rotatable bonds is 16. The molecule has 0 aliphatic heterocycles. The van der Waals surface area contributed by atoms with E-state index in [-0.39, 0.29) is 16.7 Å². The van der Waals surface area contributed by atoms with Gasteiger partial charge in [0.15, 0.2) is 0 Å². The number of amides is 1. The molecular formula is C39H57NO2S2. The average molecular weight is 636 g/mol. The number of anilines is 1. The van der Waals surface area contributed by atoms with Crippen molar-refractivity contribution in [1.82, 2.24) is 0 Å². The largest absolute Gasteiger partial charge is 0.325 e. The molecule has 0 aromatic heterocycles. The van der Waals surface area contributed by atoms with Crippen molar-refractivity contribution in [2.45, 2.75) is 147 Å². The second kappa shape index (κ2) is 17.3. The summed E-state index contributed by atoms with van der Waals surface area (Å²) in [6.45, 7) is 9.08. The van der Waals surface area contributed by atoms with Gasteiger partial charge in [0.05, 0.1) is 5.69 Å². The summed E-state index contributed by atoms with van der Waals surface area (Å²) < 4.78 is 0. The molecule has 1 amide bonds. The summed E-state index contributed by atoms with van der Waals surface area (Å²) in [5.41, 5.74) is 1.64. The van der Waals surface area contributed by atoms with Crippen molar-refractivity contribution in [2.75, 3.05) is 5.32 Å². The van der Waals surface area contributed by atoms with E-state index in [0.29, 0.717) is 24.0 Å². The Labute approximate surface area is 276 Å². The number of carbonyl (C=O) groups is 2. The molecule has 2 fully saturated rings. The molecule has 2 aromatic rings. The third-order valence-corrected chi connectivity index (χ3v) is 13.6. The Bertz CT molecular complexity index is 1100. The van der Waals surface area contributed by atoms with E-state index in [1.165, 1.54) is 25.7 Å². The number of nitrogens with one attached hydrogen (secondary N) is 1. The van der Waals surface area contributed by atoms with Gasteiger partial charge in [-0.05, 0) is 74.1 Å². The van der Waals surface area contributed by atoms with Gasteiger partial charge < -0.3 is 5.32 Å². The number of hydrogen-bond donors (Lipinski definition) is 1. The van der Waals surface area contributed by atoms with Crippen LogP contribution in [-0.4, -0.2) is 11.7 Å². The van der Waals surface area contributed by atoms with Crippen molar-refractivity contribution in [2.24, 2.45) is 22.7 Å². The van der Waals surface area contributed by atoms with Crippen molar-refractivity contribution in [3.05, 3.63) is 54.1 Å². The van der Waals surface area contributed by atoms with E-state index in [1.807, 2.05) is 6.07 Å². The first-order valence-electron chi connectivity index (χ1n) is 17.7. The minimum atomic E-state index is -0.254. The van der Waals surface area contributed by atoms with Gasteiger partial charge in [-0.2, -0.15) is 0 Å². The molecule has 4 rings (SSSR count). The topological polar surface area (TPSA) is 46.2 Å². The van der Waals surface area contributed by atoms with Crippen molar-refractivity contribution in [1.29, 1.82) is 0 Å². The van der Waals surface area contributed by atoms with Crippen LogP contribution in [0.25, 0.3) is 0 Å². The van der Waals surface area contributed by atoms with Gasteiger partial charge in [0.2, 0.25) is 5.91 Å². The summed E-state index contributed by atoms with van der Waals surface area (Å²) in [7, 11) is 3.41. The minimum absolute atomic E-state index is 0.152. The molecule has 2 saturated carbocycles. The quantitative estimate of drug-likeness (QED) is 0.186. The molecular weight excluding hydrogens is 579 g/mol. The molecule has 0 heterocycles. The summed E-state index contributed by atoms with van der Waals surface area (Å²) in [6, 6.07) is 16.7. The zero-order chi connectivity index (χ0) is 31.4. The molecule has 2 aliphatic carbocycles. The SMILES string of the molecule is CCC(CC)CC1(C(=O)Cc2ccccc2SSc2ccccc2NC(=O)C2(CC(CC)CC)CCCCC2)CCCCC1. The third-order valence-electron chi connectivity index (χ3n) is 11.0. The van der Waals surface area contributed by atoms with Crippen molar-refractivity contribution < 1.29 is 9.59 Å². The Kier molecular flexibility index (Phi) is 13.8. The normalized spacial score (nSPS) is 18.0. The molecule has 0 atom stereocenters. The first-order chi connectivity index (χ1) is 21.4. The Hall–Kier alpha value is -1.72. The van der Waals surface area contributed by atoms with E-state index in [2.05, 4.69) is 75.5 Å². The molecule has 5 heteroatoms. The van der Waals surface area contributed by atoms with E-state index in [9.17, 15) is 9.59 Å². The predicted octanol–water partition coefficient (Wildman–Crippen LogP) is 12.1. The molecule has 0 bridgehead atoms. The molecule has 0 radical (unpaired) electrons. The van der Waals surface area contributed by atoms with Crippen LogP contribution in [0.3, 0.4) is 0 Å². The lowest BCUT2D eigenvalue weighted by atomic mass is 9.65. The van der Waals surface area contributed by atoms with Crippen LogP contribution in [-0.2, 0) is 16.0 Å². The van der Waals surface area contributed by atoms with Gasteiger partial charge in [0.1, 0.15) is 5.78 Å². The van der Waals surface area contributed by atoms with Crippen LogP contribution in [0.2, 0.25) is 0 Å². The maximum absolute atomic E-state index is 14.1. The average Bonchev–Trinajstić information content (AvgIpc) is 3.07. The number of benzene rings is 2. The lowest BCUT2D eigenvalue weighted by molar-refractivity contribution is -0.131. The second-order valence-corrected chi connectivity index (χ2v) is 16.0. The van der Waals surface area contributed by atoms with Gasteiger partial charge in [-0.3, -0.25) is 9.59 Å². The zero-order valence-corrected chi connectivity index (χ0v) is 29.6. The summed E-state index contributed by atoms with van der Waals surface area (Å²) in [6.07, 6.45) is 18.4. The van der Waals surface area contributed by atoms with Crippen LogP contribution >= 0.6 is 21.6 Å². The van der Waals surface area contributed by atoms with E-state index < -0.39 is 0 Å². The van der Waals surface area contributed by atoms with Gasteiger partial charge >= 0.3 is 0 Å². The Morgan fingerprint density at radius 1 is 0.659 bits per heavy atom. The minimum Gasteiger partial charge on any atom is -0.325 e. The molecule has 2 aliphatic rings. The molecule has 242 valence electrons. The van der Waals surface area contributed by atoms with E-state index >= 15 is 0 Å². The first kappa shape index (κ1) is 35.1. The highest BCUT2D eigenvalue weighted by Crippen LogP contribution is 2.48.